The zero-order chi connectivity index (χ0) is 16.3. The highest BCUT2D eigenvalue weighted by molar-refractivity contribution is 5.77. The minimum absolute atomic E-state index is 0.184. The highest BCUT2D eigenvalue weighted by Gasteiger charge is 2.50. The van der Waals surface area contributed by atoms with Gasteiger partial charge in [-0.05, 0) is 25.3 Å². The lowest BCUT2D eigenvalue weighted by atomic mass is 9.68. The van der Waals surface area contributed by atoms with Gasteiger partial charge in [0.05, 0.1) is 32.8 Å². The van der Waals surface area contributed by atoms with E-state index in [1.54, 1.807) is 13.3 Å². The molecule has 3 rings (SSSR count). The smallest absolute Gasteiger partial charge is 0.312 e. The molecule has 0 bridgehead atoms. The number of pyridine rings is 1. The molecule has 1 aromatic heterocycles. The van der Waals surface area contributed by atoms with Crippen molar-refractivity contribution in [1.29, 1.82) is 0 Å². The number of ether oxygens (including phenoxy) is 4. The second-order valence-electron chi connectivity index (χ2n) is 6.23. The van der Waals surface area contributed by atoms with E-state index in [0.29, 0.717) is 51.2 Å². The van der Waals surface area contributed by atoms with Crippen LogP contribution in [-0.4, -0.2) is 44.2 Å². The maximum Gasteiger partial charge on any atom is 0.312 e. The SMILES string of the molecule is COC(=O)C1(Cc2cccnc2OC)CCC2(CC1)OCCO2. The summed E-state index contributed by atoms with van der Waals surface area (Å²) in [6.45, 7) is 1.25. The van der Waals surface area contributed by atoms with Gasteiger partial charge in [0.2, 0.25) is 5.88 Å². The van der Waals surface area contributed by atoms with Gasteiger partial charge in [0.25, 0.3) is 0 Å². The van der Waals surface area contributed by atoms with Crippen LogP contribution in [0.3, 0.4) is 0 Å². The average Bonchev–Trinajstić information content (AvgIpc) is 3.05. The van der Waals surface area contributed by atoms with E-state index in [1.165, 1.54) is 7.11 Å². The Hall–Kier alpha value is -1.66. The van der Waals surface area contributed by atoms with Crippen molar-refractivity contribution >= 4 is 5.97 Å². The first-order valence-electron chi connectivity index (χ1n) is 7.97. The Balaban J connectivity index is 1.82. The van der Waals surface area contributed by atoms with Crippen molar-refractivity contribution in [3.05, 3.63) is 23.9 Å². The Bertz CT molecular complexity index is 558. The lowest BCUT2D eigenvalue weighted by Gasteiger charge is -2.41. The predicted octanol–water partition coefficient (Wildman–Crippen LogP) is 2.11. The van der Waals surface area contributed by atoms with E-state index in [-0.39, 0.29) is 5.97 Å². The third-order valence-corrected chi connectivity index (χ3v) is 4.97. The minimum Gasteiger partial charge on any atom is -0.481 e. The molecule has 1 aliphatic heterocycles. The maximum atomic E-state index is 12.5. The van der Waals surface area contributed by atoms with Gasteiger partial charge in [-0.2, -0.15) is 0 Å². The number of carbonyl (C=O) groups excluding carboxylic acids is 1. The van der Waals surface area contributed by atoms with Gasteiger partial charge in [-0.15, -0.1) is 0 Å². The second-order valence-corrected chi connectivity index (χ2v) is 6.23. The molecule has 0 atom stereocenters. The Morgan fingerprint density at radius 3 is 2.52 bits per heavy atom. The Labute approximate surface area is 136 Å². The zero-order valence-electron chi connectivity index (χ0n) is 13.7. The molecule has 0 unspecified atom stereocenters. The first-order valence-corrected chi connectivity index (χ1v) is 7.97. The van der Waals surface area contributed by atoms with Gasteiger partial charge in [0.15, 0.2) is 5.79 Å². The van der Waals surface area contributed by atoms with E-state index < -0.39 is 11.2 Å². The second kappa shape index (κ2) is 6.45. The summed E-state index contributed by atoms with van der Waals surface area (Å²) >= 11 is 0. The number of esters is 1. The van der Waals surface area contributed by atoms with E-state index >= 15 is 0 Å². The molecule has 6 nitrogen and oxygen atoms in total. The summed E-state index contributed by atoms with van der Waals surface area (Å²) in [5.41, 5.74) is 0.343. The number of carbonyl (C=O) groups is 1. The van der Waals surface area contributed by atoms with E-state index in [0.717, 1.165) is 5.56 Å². The highest BCUT2D eigenvalue weighted by Crippen LogP contribution is 2.47. The number of rotatable bonds is 4. The molecule has 1 saturated carbocycles. The average molecular weight is 321 g/mol. The van der Waals surface area contributed by atoms with Gasteiger partial charge in [0.1, 0.15) is 0 Å². The number of aromatic nitrogens is 1. The normalized spacial score (nSPS) is 22.0. The number of hydrogen-bond donors (Lipinski definition) is 0. The van der Waals surface area contributed by atoms with Crippen LogP contribution in [0, 0.1) is 5.41 Å². The number of nitrogens with zero attached hydrogens (tertiary/aromatic N) is 1. The monoisotopic (exact) mass is 321 g/mol. The standard InChI is InChI=1S/C17H23NO5/c1-20-14-13(4-3-9-18-14)12-16(15(19)21-2)5-7-17(8-6-16)22-10-11-23-17/h3-4,9H,5-8,10-12H2,1-2H3. The largest absolute Gasteiger partial charge is 0.481 e. The fraction of sp³-hybridized carbons (Fsp3) is 0.647. The molecule has 6 heteroatoms. The van der Waals surface area contributed by atoms with E-state index in [1.807, 2.05) is 12.1 Å². The van der Waals surface area contributed by atoms with Crippen LogP contribution in [0.2, 0.25) is 0 Å². The van der Waals surface area contributed by atoms with Crippen molar-refractivity contribution in [3.8, 4) is 5.88 Å². The zero-order valence-corrected chi connectivity index (χ0v) is 13.7. The van der Waals surface area contributed by atoms with E-state index in [2.05, 4.69) is 4.98 Å². The fourth-order valence-electron chi connectivity index (χ4n) is 3.67. The molecule has 1 spiro atoms. The van der Waals surface area contributed by atoms with Crippen molar-refractivity contribution in [2.24, 2.45) is 5.41 Å². The first-order chi connectivity index (χ1) is 11.1. The van der Waals surface area contributed by atoms with Crippen molar-refractivity contribution in [2.75, 3.05) is 27.4 Å². The molecule has 0 radical (unpaired) electrons. The molecular formula is C17H23NO5. The van der Waals surface area contributed by atoms with Gasteiger partial charge >= 0.3 is 5.97 Å². The molecule has 1 aliphatic carbocycles. The Morgan fingerprint density at radius 1 is 1.22 bits per heavy atom. The minimum atomic E-state index is -0.578. The number of hydrogen-bond acceptors (Lipinski definition) is 6. The van der Waals surface area contributed by atoms with E-state index in [9.17, 15) is 4.79 Å². The van der Waals surface area contributed by atoms with Gasteiger partial charge in [-0.25, -0.2) is 4.98 Å². The summed E-state index contributed by atoms with van der Waals surface area (Å²) in [4.78, 5) is 16.8. The quantitative estimate of drug-likeness (QED) is 0.791. The van der Waals surface area contributed by atoms with Crippen LogP contribution in [0.5, 0.6) is 5.88 Å². The molecule has 0 N–H and O–H groups in total. The third kappa shape index (κ3) is 3.05. The van der Waals surface area contributed by atoms with Gasteiger partial charge in [0, 0.05) is 24.6 Å². The Kier molecular flexibility index (Phi) is 4.55. The summed E-state index contributed by atoms with van der Waals surface area (Å²) in [6.07, 6.45) is 4.96. The summed E-state index contributed by atoms with van der Waals surface area (Å²) in [5.74, 6) is -0.128. The first kappa shape index (κ1) is 16.2. The van der Waals surface area contributed by atoms with Crippen LogP contribution < -0.4 is 4.74 Å². The third-order valence-electron chi connectivity index (χ3n) is 4.97. The molecular weight excluding hydrogens is 298 g/mol. The van der Waals surface area contributed by atoms with Crippen LogP contribution in [0.4, 0.5) is 0 Å². The highest BCUT2D eigenvalue weighted by atomic mass is 16.7. The molecule has 0 amide bonds. The van der Waals surface area contributed by atoms with Crippen LogP contribution in [0.15, 0.2) is 18.3 Å². The number of methoxy groups -OCH3 is 2. The topological polar surface area (TPSA) is 66.9 Å². The van der Waals surface area contributed by atoms with Crippen LogP contribution >= 0.6 is 0 Å². The lowest BCUT2D eigenvalue weighted by Crippen LogP contribution is -2.45. The summed E-state index contributed by atoms with van der Waals surface area (Å²) < 4.78 is 22.0. The molecule has 126 valence electrons. The van der Waals surface area contributed by atoms with Gasteiger partial charge in [-0.1, -0.05) is 6.07 Å². The van der Waals surface area contributed by atoms with Crippen molar-refractivity contribution in [1.82, 2.24) is 4.98 Å². The van der Waals surface area contributed by atoms with Gasteiger partial charge in [-0.3, -0.25) is 4.79 Å². The van der Waals surface area contributed by atoms with Crippen molar-refractivity contribution in [2.45, 2.75) is 37.9 Å². The summed E-state index contributed by atoms with van der Waals surface area (Å²) in [7, 11) is 3.03. The molecule has 23 heavy (non-hydrogen) atoms. The van der Waals surface area contributed by atoms with Crippen molar-refractivity contribution in [3.63, 3.8) is 0 Å². The van der Waals surface area contributed by atoms with E-state index in [4.69, 9.17) is 18.9 Å². The fourth-order valence-corrected chi connectivity index (χ4v) is 3.67. The van der Waals surface area contributed by atoms with Crippen LogP contribution in [0.1, 0.15) is 31.2 Å². The van der Waals surface area contributed by atoms with Crippen LogP contribution in [-0.2, 0) is 25.4 Å². The summed E-state index contributed by atoms with van der Waals surface area (Å²) in [5, 5.41) is 0. The molecule has 0 aromatic carbocycles. The van der Waals surface area contributed by atoms with Crippen LogP contribution in [0.25, 0.3) is 0 Å². The predicted molar refractivity (Wildman–Crippen MR) is 82.0 cm³/mol. The maximum absolute atomic E-state index is 12.5. The molecule has 2 fully saturated rings. The molecule has 2 heterocycles. The molecule has 2 aliphatic rings. The van der Waals surface area contributed by atoms with Gasteiger partial charge < -0.3 is 18.9 Å². The lowest BCUT2D eigenvalue weighted by molar-refractivity contribution is -0.198. The molecule has 1 saturated heterocycles. The molecule has 1 aromatic rings. The summed E-state index contributed by atoms with van der Waals surface area (Å²) in [6, 6.07) is 3.81. The Morgan fingerprint density at radius 2 is 1.91 bits per heavy atom. The van der Waals surface area contributed by atoms with Crippen molar-refractivity contribution < 1.29 is 23.7 Å².